The van der Waals surface area contributed by atoms with Crippen molar-refractivity contribution >= 4 is 60.5 Å². The van der Waals surface area contributed by atoms with E-state index in [4.69, 9.17) is 4.42 Å². The molecule has 0 fully saturated rings. The molecule has 0 aliphatic carbocycles. The lowest BCUT2D eigenvalue weighted by Gasteiger charge is -2.29. The first-order valence-electron chi connectivity index (χ1n) is 14.0. The van der Waals surface area contributed by atoms with Gasteiger partial charge in [0.2, 0.25) is 0 Å². The molecule has 0 saturated carbocycles. The van der Waals surface area contributed by atoms with Crippen molar-refractivity contribution in [3.63, 3.8) is 0 Å². The van der Waals surface area contributed by atoms with E-state index in [-0.39, 0.29) is 0 Å². The molecular weight excluding hydrogens is 498 g/mol. The minimum Gasteiger partial charge on any atom is -0.456 e. The van der Waals surface area contributed by atoms with Crippen LogP contribution in [0.25, 0.3) is 54.6 Å². The van der Waals surface area contributed by atoms with Gasteiger partial charge in [0.1, 0.15) is 11.2 Å². The molecule has 0 unspecified atom stereocenters. The molecule has 0 radical (unpaired) electrons. The summed E-state index contributed by atoms with van der Waals surface area (Å²) in [7, 11) is 0. The van der Waals surface area contributed by atoms with Crippen LogP contribution in [0.4, 0.5) is 17.1 Å². The van der Waals surface area contributed by atoms with Crippen LogP contribution in [0.3, 0.4) is 0 Å². The van der Waals surface area contributed by atoms with Crippen LogP contribution in [0.15, 0.2) is 150 Å². The fourth-order valence-electron chi connectivity index (χ4n) is 6.22. The number of rotatable bonds is 4. The summed E-state index contributed by atoms with van der Waals surface area (Å²) >= 11 is 0. The van der Waals surface area contributed by atoms with Gasteiger partial charge in [-0.25, -0.2) is 0 Å². The zero-order valence-corrected chi connectivity index (χ0v) is 22.7. The fraction of sp³-hybridized carbons (Fsp3) is 0.0256. The number of hydrogen-bond donors (Lipinski definition) is 0. The van der Waals surface area contributed by atoms with Gasteiger partial charge in [-0.3, -0.25) is 0 Å². The summed E-state index contributed by atoms with van der Waals surface area (Å²) in [6.07, 6.45) is 0. The average Bonchev–Trinajstić information content (AvgIpc) is 3.39. The van der Waals surface area contributed by atoms with Gasteiger partial charge in [-0.15, -0.1) is 0 Å². The second-order valence-corrected chi connectivity index (χ2v) is 10.7. The van der Waals surface area contributed by atoms with Crippen LogP contribution in [0.2, 0.25) is 0 Å². The van der Waals surface area contributed by atoms with E-state index in [1.807, 2.05) is 12.1 Å². The monoisotopic (exact) mass is 525 g/mol. The lowest BCUT2D eigenvalue weighted by atomic mass is 9.91. The Morgan fingerprint density at radius 3 is 1.98 bits per heavy atom. The lowest BCUT2D eigenvalue weighted by molar-refractivity contribution is 0.669. The van der Waals surface area contributed by atoms with Crippen molar-refractivity contribution < 1.29 is 4.42 Å². The molecule has 0 amide bonds. The standard InChI is InChI=1S/C39H27NO/c1-26-10-8-14-29(24-26)40(30-21-23-38-35(25-30)33-17-6-7-19-37(33)41-38)36-22-20-28-12-3-5-16-32(28)39(36)34-18-9-13-27-11-2-4-15-31(27)34/h2-25H,1H3. The molecule has 0 N–H and O–H groups in total. The van der Waals surface area contributed by atoms with Crippen molar-refractivity contribution in [2.45, 2.75) is 6.92 Å². The van der Waals surface area contributed by atoms with E-state index in [2.05, 4.69) is 145 Å². The van der Waals surface area contributed by atoms with Crippen LogP contribution in [-0.2, 0) is 0 Å². The van der Waals surface area contributed by atoms with Gasteiger partial charge in [-0.05, 0) is 82.1 Å². The Balaban J connectivity index is 1.48. The number of furan rings is 1. The summed E-state index contributed by atoms with van der Waals surface area (Å²) < 4.78 is 6.20. The quantitative estimate of drug-likeness (QED) is 0.227. The molecule has 7 aromatic carbocycles. The zero-order chi connectivity index (χ0) is 27.3. The SMILES string of the molecule is Cc1cccc(N(c2ccc3oc4ccccc4c3c2)c2ccc3ccccc3c2-c2cccc3ccccc23)c1. The van der Waals surface area contributed by atoms with E-state index in [1.54, 1.807) is 0 Å². The third-order valence-electron chi connectivity index (χ3n) is 8.09. The van der Waals surface area contributed by atoms with Crippen LogP contribution in [0.1, 0.15) is 5.56 Å². The minimum absolute atomic E-state index is 0.895. The predicted molar refractivity (Wildman–Crippen MR) is 174 cm³/mol. The Kier molecular flexibility index (Phi) is 5.39. The Bertz CT molecular complexity index is 2230. The molecule has 8 aromatic rings. The second kappa shape index (κ2) is 9.39. The number of aryl methyl sites for hydroxylation is 1. The number of para-hydroxylation sites is 1. The molecule has 1 aromatic heterocycles. The number of fused-ring (bicyclic) bond motifs is 5. The van der Waals surface area contributed by atoms with Crippen LogP contribution in [0.5, 0.6) is 0 Å². The predicted octanol–water partition coefficient (Wildman–Crippen LogP) is 11.3. The Labute approximate surface area is 238 Å². The second-order valence-electron chi connectivity index (χ2n) is 10.7. The maximum atomic E-state index is 6.20. The average molecular weight is 526 g/mol. The number of benzene rings is 7. The molecule has 0 saturated heterocycles. The van der Waals surface area contributed by atoms with Gasteiger partial charge in [0.25, 0.3) is 0 Å². The number of hydrogen-bond acceptors (Lipinski definition) is 2. The van der Waals surface area contributed by atoms with Gasteiger partial charge in [0.15, 0.2) is 0 Å². The summed E-state index contributed by atoms with van der Waals surface area (Å²) in [6.45, 7) is 2.15. The number of nitrogens with zero attached hydrogens (tertiary/aromatic N) is 1. The highest BCUT2D eigenvalue weighted by atomic mass is 16.3. The van der Waals surface area contributed by atoms with E-state index >= 15 is 0 Å². The van der Waals surface area contributed by atoms with Crippen molar-refractivity contribution in [3.05, 3.63) is 151 Å². The van der Waals surface area contributed by atoms with Gasteiger partial charge < -0.3 is 9.32 Å². The van der Waals surface area contributed by atoms with Crippen molar-refractivity contribution in [2.75, 3.05) is 4.90 Å². The molecule has 0 atom stereocenters. The van der Waals surface area contributed by atoms with Gasteiger partial charge in [0.05, 0.1) is 5.69 Å². The van der Waals surface area contributed by atoms with Gasteiger partial charge in [-0.1, -0.05) is 103 Å². The molecule has 0 aliphatic heterocycles. The minimum atomic E-state index is 0.895. The van der Waals surface area contributed by atoms with Crippen molar-refractivity contribution in [1.82, 2.24) is 0 Å². The molecule has 2 nitrogen and oxygen atoms in total. The normalized spacial score (nSPS) is 11.5. The van der Waals surface area contributed by atoms with Crippen LogP contribution in [-0.4, -0.2) is 0 Å². The van der Waals surface area contributed by atoms with Crippen molar-refractivity contribution in [1.29, 1.82) is 0 Å². The van der Waals surface area contributed by atoms with Gasteiger partial charge in [0, 0.05) is 27.7 Å². The van der Waals surface area contributed by atoms with E-state index in [0.717, 1.165) is 39.0 Å². The lowest BCUT2D eigenvalue weighted by Crippen LogP contribution is -2.11. The smallest absolute Gasteiger partial charge is 0.135 e. The zero-order valence-electron chi connectivity index (χ0n) is 22.7. The first-order valence-corrected chi connectivity index (χ1v) is 14.0. The highest BCUT2D eigenvalue weighted by Gasteiger charge is 2.21. The molecule has 0 bridgehead atoms. The van der Waals surface area contributed by atoms with E-state index in [9.17, 15) is 0 Å². The summed E-state index contributed by atoms with van der Waals surface area (Å²) in [5.41, 5.74) is 8.81. The molecule has 1 heterocycles. The third kappa shape index (κ3) is 3.88. The van der Waals surface area contributed by atoms with Gasteiger partial charge in [-0.2, -0.15) is 0 Å². The topological polar surface area (TPSA) is 16.4 Å². The summed E-state index contributed by atoms with van der Waals surface area (Å²) in [6, 6.07) is 52.1. The maximum absolute atomic E-state index is 6.20. The highest BCUT2D eigenvalue weighted by Crippen LogP contribution is 2.47. The summed E-state index contributed by atoms with van der Waals surface area (Å²) in [5, 5.41) is 7.17. The Morgan fingerprint density at radius 2 is 1.12 bits per heavy atom. The molecule has 2 heteroatoms. The Hall–Kier alpha value is -5.34. The van der Waals surface area contributed by atoms with E-state index < -0.39 is 0 Å². The largest absolute Gasteiger partial charge is 0.456 e. The van der Waals surface area contributed by atoms with E-state index in [0.29, 0.717) is 0 Å². The molecule has 194 valence electrons. The first kappa shape index (κ1) is 23.5. The van der Waals surface area contributed by atoms with Crippen LogP contribution < -0.4 is 4.90 Å². The third-order valence-corrected chi connectivity index (χ3v) is 8.09. The Morgan fingerprint density at radius 1 is 0.463 bits per heavy atom. The molecule has 8 rings (SSSR count). The maximum Gasteiger partial charge on any atom is 0.135 e. The van der Waals surface area contributed by atoms with Crippen LogP contribution >= 0.6 is 0 Å². The van der Waals surface area contributed by atoms with Crippen LogP contribution in [0, 0.1) is 6.92 Å². The highest BCUT2D eigenvalue weighted by molar-refractivity contribution is 6.12. The summed E-state index contributed by atoms with van der Waals surface area (Å²) in [5.74, 6) is 0. The fourth-order valence-corrected chi connectivity index (χ4v) is 6.22. The van der Waals surface area contributed by atoms with Crippen molar-refractivity contribution in [3.8, 4) is 11.1 Å². The number of anilines is 3. The molecule has 41 heavy (non-hydrogen) atoms. The molecular formula is C39H27NO. The van der Waals surface area contributed by atoms with Gasteiger partial charge >= 0.3 is 0 Å². The van der Waals surface area contributed by atoms with Crippen molar-refractivity contribution in [2.24, 2.45) is 0 Å². The molecule has 0 spiro atoms. The molecule has 0 aliphatic rings. The first-order chi connectivity index (χ1) is 20.2. The van der Waals surface area contributed by atoms with E-state index in [1.165, 1.54) is 38.2 Å². The summed E-state index contributed by atoms with van der Waals surface area (Å²) in [4.78, 5) is 2.40.